The Morgan fingerprint density at radius 1 is 1.28 bits per heavy atom. The lowest BCUT2D eigenvalue weighted by atomic mass is 10.1. The predicted octanol–water partition coefficient (Wildman–Crippen LogP) is 2.91. The molecule has 0 heterocycles. The van der Waals surface area contributed by atoms with E-state index in [9.17, 15) is 4.39 Å². The molecule has 0 radical (unpaired) electrons. The molecule has 1 N–H and O–H groups in total. The highest BCUT2D eigenvalue weighted by Gasteiger charge is 2.15. The number of hydrogen-bond donors (Lipinski definition) is 1. The first-order valence-corrected chi connectivity index (χ1v) is 6.23. The molecule has 18 heavy (non-hydrogen) atoms. The zero-order chi connectivity index (χ0) is 13.5. The fraction of sp³-hybridized carbons (Fsp3) is 0.571. The minimum absolute atomic E-state index is 0.114. The van der Waals surface area contributed by atoms with Gasteiger partial charge in [0.2, 0.25) is 0 Å². The van der Waals surface area contributed by atoms with E-state index in [1.165, 1.54) is 6.07 Å². The largest absolute Gasteiger partial charge is 0.496 e. The summed E-state index contributed by atoms with van der Waals surface area (Å²) in [6, 6.07) is 4.74. The number of ether oxygens (including phenoxy) is 2. The fourth-order valence-corrected chi connectivity index (χ4v) is 1.79. The topological polar surface area (TPSA) is 30.5 Å². The summed E-state index contributed by atoms with van der Waals surface area (Å²) in [6.07, 6.45) is 0.213. The molecule has 0 spiro atoms. The molecule has 1 aromatic rings. The zero-order valence-corrected chi connectivity index (χ0v) is 11.5. The molecule has 3 nitrogen and oxygen atoms in total. The van der Waals surface area contributed by atoms with E-state index in [4.69, 9.17) is 9.47 Å². The van der Waals surface area contributed by atoms with Crippen LogP contribution in [0.5, 0.6) is 5.75 Å². The summed E-state index contributed by atoms with van der Waals surface area (Å²) in [6.45, 7) is 7.18. The lowest BCUT2D eigenvalue weighted by Crippen LogP contribution is -2.25. The second-order valence-corrected chi connectivity index (χ2v) is 4.45. The van der Waals surface area contributed by atoms with Gasteiger partial charge in [-0.3, -0.25) is 0 Å². The van der Waals surface area contributed by atoms with Crippen molar-refractivity contribution in [3.05, 3.63) is 29.6 Å². The van der Waals surface area contributed by atoms with Gasteiger partial charge in [-0.25, -0.2) is 4.39 Å². The highest BCUT2D eigenvalue weighted by atomic mass is 19.1. The van der Waals surface area contributed by atoms with E-state index in [2.05, 4.69) is 5.32 Å². The SMILES string of the molecule is COc1cccc(F)c1C(C)NCCOC(C)C. The minimum atomic E-state index is -0.251. The molecule has 1 unspecified atom stereocenters. The van der Waals surface area contributed by atoms with E-state index in [-0.39, 0.29) is 18.0 Å². The molecule has 102 valence electrons. The summed E-state index contributed by atoms with van der Waals surface area (Å²) in [5.41, 5.74) is 0.560. The minimum Gasteiger partial charge on any atom is -0.496 e. The van der Waals surface area contributed by atoms with Crippen LogP contribution in [0.3, 0.4) is 0 Å². The molecule has 0 aliphatic carbocycles. The Bertz CT molecular complexity index is 369. The molecule has 0 saturated carbocycles. The predicted molar refractivity (Wildman–Crippen MR) is 70.5 cm³/mol. The quantitative estimate of drug-likeness (QED) is 0.760. The Balaban J connectivity index is 2.58. The third kappa shape index (κ3) is 4.27. The van der Waals surface area contributed by atoms with E-state index in [0.717, 1.165) is 0 Å². The van der Waals surface area contributed by atoms with Crippen molar-refractivity contribution < 1.29 is 13.9 Å². The van der Waals surface area contributed by atoms with Crippen molar-refractivity contribution in [2.75, 3.05) is 20.3 Å². The monoisotopic (exact) mass is 255 g/mol. The number of nitrogens with one attached hydrogen (secondary N) is 1. The Kier molecular flexibility index (Phi) is 6.09. The maximum absolute atomic E-state index is 13.8. The van der Waals surface area contributed by atoms with Crippen LogP contribution in [0.25, 0.3) is 0 Å². The van der Waals surface area contributed by atoms with Crippen LogP contribution in [0.4, 0.5) is 4.39 Å². The summed E-state index contributed by atoms with van der Waals surface area (Å²) >= 11 is 0. The Labute approximate surface area is 108 Å². The van der Waals surface area contributed by atoms with Crippen LogP contribution >= 0.6 is 0 Å². The number of rotatable bonds is 7. The summed E-state index contributed by atoms with van der Waals surface area (Å²) in [4.78, 5) is 0. The van der Waals surface area contributed by atoms with Gasteiger partial charge in [0.25, 0.3) is 0 Å². The molecule has 0 aliphatic heterocycles. The molecular formula is C14H22FNO2. The van der Waals surface area contributed by atoms with E-state index in [0.29, 0.717) is 24.5 Å². The van der Waals surface area contributed by atoms with Crippen LogP contribution in [-0.2, 0) is 4.74 Å². The average molecular weight is 255 g/mol. The van der Waals surface area contributed by atoms with Crippen molar-refractivity contribution in [2.24, 2.45) is 0 Å². The summed E-state index contributed by atoms with van der Waals surface area (Å²) in [5, 5.41) is 3.22. The number of benzene rings is 1. The van der Waals surface area contributed by atoms with Gasteiger partial charge in [0.1, 0.15) is 11.6 Å². The van der Waals surface area contributed by atoms with E-state index in [1.54, 1.807) is 19.2 Å². The van der Waals surface area contributed by atoms with Gasteiger partial charge in [0, 0.05) is 18.2 Å². The summed E-state index contributed by atoms with van der Waals surface area (Å²) in [5.74, 6) is 0.318. The summed E-state index contributed by atoms with van der Waals surface area (Å²) in [7, 11) is 1.55. The Morgan fingerprint density at radius 2 is 2.00 bits per heavy atom. The molecule has 0 fully saturated rings. The first kappa shape index (κ1) is 14.9. The lowest BCUT2D eigenvalue weighted by molar-refractivity contribution is 0.0795. The van der Waals surface area contributed by atoms with E-state index in [1.807, 2.05) is 20.8 Å². The van der Waals surface area contributed by atoms with E-state index < -0.39 is 0 Å². The third-order valence-electron chi connectivity index (χ3n) is 2.67. The second-order valence-electron chi connectivity index (χ2n) is 4.45. The van der Waals surface area contributed by atoms with Crippen molar-refractivity contribution >= 4 is 0 Å². The average Bonchev–Trinajstić information content (AvgIpc) is 2.33. The van der Waals surface area contributed by atoms with Crippen LogP contribution in [0.2, 0.25) is 0 Å². The van der Waals surface area contributed by atoms with Crippen molar-refractivity contribution in [3.8, 4) is 5.75 Å². The van der Waals surface area contributed by atoms with Gasteiger partial charge in [-0.2, -0.15) is 0 Å². The van der Waals surface area contributed by atoms with Crippen LogP contribution in [0.15, 0.2) is 18.2 Å². The van der Waals surface area contributed by atoms with Gasteiger partial charge in [-0.05, 0) is 32.9 Å². The summed E-state index contributed by atoms with van der Waals surface area (Å²) < 4.78 is 24.4. The van der Waals surface area contributed by atoms with Crippen LogP contribution < -0.4 is 10.1 Å². The molecule has 4 heteroatoms. The molecule has 0 aromatic heterocycles. The molecule has 1 atom stereocenters. The number of hydrogen-bond acceptors (Lipinski definition) is 3. The zero-order valence-electron chi connectivity index (χ0n) is 11.5. The van der Waals surface area contributed by atoms with Gasteiger partial charge in [-0.1, -0.05) is 6.07 Å². The van der Waals surface area contributed by atoms with E-state index >= 15 is 0 Å². The molecule has 0 saturated heterocycles. The highest BCUT2D eigenvalue weighted by Crippen LogP contribution is 2.27. The maximum atomic E-state index is 13.8. The maximum Gasteiger partial charge on any atom is 0.131 e. The first-order chi connectivity index (χ1) is 8.56. The van der Waals surface area contributed by atoms with Crippen LogP contribution in [0.1, 0.15) is 32.4 Å². The molecule has 0 amide bonds. The normalized spacial score (nSPS) is 12.8. The van der Waals surface area contributed by atoms with Crippen molar-refractivity contribution in [1.29, 1.82) is 0 Å². The fourth-order valence-electron chi connectivity index (χ4n) is 1.79. The van der Waals surface area contributed by atoms with Gasteiger partial charge in [0.15, 0.2) is 0 Å². The molecule has 0 bridgehead atoms. The number of methoxy groups -OCH3 is 1. The van der Waals surface area contributed by atoms with Gasteiger partial charge in [-0.15, -0.1) is 0 Å². The third-order valence-corrected chi connectivity index (χ3v) is 2.67. The molecule has 1 aromatic carbocycles. The molecular weight excluding hydrogens is 233 g/mol. The molecule has 1 rings (SSSR count). The van der Waals surface area contributed by atoms with Crippen molar-refractivity contribution in [3.63, 3.8) is 0 Å². The van der Waals surface area contributed by atoms with Gasteiger partial charge >= 0.3 is 0 Å². The lowest BCUT2D eigenvalue weighted by Gasteiger charge is -2.18. The number of halogens is 1. The second kappa shape index (κ2) is 7.34. The van der Waals surface area contributed by atoms with Crippen molar-refractivity contribution in [2.45, 2.75) is 32.9 Å². The highest BCUT2D eigenvalue weighted by molar-refractivity contribution is 5.36. The van der Waals surface area contributed by atoms with Gasteiger partial charge < -0.3 is 14.8 Å². The van der Waals surface area contributed by atoms with Crippen LogP contribution in [-0.4, -0.2) is 26.4 Å². The van der Waals surface area contributed by atoms with Gasteiger partial charge in [0.05, 0.1) is 19.8 Å². The first-order valence-electron chi connectivity index (χ1n) is 6.23. The standard InChI is InChI=1S/C14H22FNO2/c1-10(2)18-9-8-16-11(3)14-12(15)6-5-7-13(14)17-4/h5-7,10-11,16H,8-9H2,1-4H3. The molecule has 0 aliphatic rings. The smallest absolute Gasteiger partial charge is 0.131 e. The van der Waals surface area contributed by atoms with Crippen LogP contribution in [0, 0.1) is 5.82 Å². The van der Waals surface area contributed by atoms with Crippen molar-refractivity contribution in [1.82, 2.24) is 5.32 Å². The Morgan fingerprint density at radius 3 is 2.61 bits per heavy atom. The Hall–Kier alpha value is -1.13.